The molecule has 0 aromatic rings. The van der Waals surface area contributed by atoms with Crippen LogP contribution >= 0.6 is 11.8 Å². The van der Waals surface area contributed by atoms with Crippen LogP contribution in [0.1, 0.15) is 6.42 Å². The minimum Gasteiger partial charge on any atom is -0.396 e. The van der Waals surface area contributed by atoms with E-state index in [9.17, 15) is 10.1 Å². The molecule has 0 saturated heterocycles. The predicted octanol–water partition coefficient (Wildman–Crippen LogP) is 0.397. The highest BCUT2D eigenvalue weighted by molar-refractivity contribution is 8.02. The number of hydrogen-bond acceptors (Lipinski definition) is 5. The van der Waals surface area contributed by atoms with Crippen molar-refractivity contribution in [3.8, 4) is 0 Å². The van der Waals surface area contributed by atoms with E-state index in [1.807, 2.05) is 0 Å². The van der Waals surface area contributed by atoms with E-state index < -0.39 is 4.92 Å². The molecule has 0 bridgehead atoms. The molecular weight excluding hydrogens is 180 g/mol. The van der Waals surface area contributed by atoms with Crippen molar-refractivity contribution in [2.75, 3.05) is 19.4 Å². The Morgan fingerprint density at radius 3 is 2.92 bits per heavy atom. The fraction of sp³-hybridized carbons (Fsp3) is 0.667. The Morgan fingerprint density at radius 2 is 2.50 bits per heavy atom. The predicted molar refractivity (Wildman–Crippen MR) is 48.3 cm³/mol. The Labute approximate surface area is 75.0 Å². The monoisotopic (exact) mass is 192 g/mol. The highest BCUT2D eigenvalue weighted by Crippen LogP contribution is 2.06. The average Bonchev–Trinajstić information content (AvgIpc) is 2.02. The van der Waals surface area contributed by atoms with Gasteiger partial charge in [-0.2, -0.15) is 0 Å². The van der Waals surface area contributed by atoms with Crippen molar-refractivity contribution in [3.63, 3.8) is 0 Å². The third-order valence-corrected chi connectivity index (χ3v) is 1.77. The molecule has 0 unspecified atom stereocenters. The van der Waals surface area contributed by atoms with Crippen LogP contribution in [0.2, 0.25) is 0 Å². The molecule has 2 N–H and O–H groups in total. The third-order valence-electron chi connectivity index (χ3n) is 1.08. The second-order valence-electron chi connectivity index (χ2n) is 1.99. The van der Waals surface area contributed by atoms with Crippen LogP contribution in [0.5, 0.6) is 0 Å². The van der Waals surface area contributed by atoms with E-state index in [1.165, 1.54) is 11.8 Å². The van der Waals surface area contributed by atoms with Crippen LogP contribution in [0.15, 0.2) is 11.2 Å². The molecule has 0 heterocycles. The van der Waals surface area contributed by atoms with Crippen LogP contribution in [0.4, 0.5) is 0 Å². The Morgan fingerprint density at radius 1 is 1.83 bits per heavy atom. The first-order valence-electron chi connectivity index (χ1n) is 3.44. The Bertz CT molecular complexity index is 172. The van der Waals surface area contributed by atoms with Gasteiger partial charge in [0.05, 0.1) is 4.92 Å². The smallest absolute Gasteiger partial charge is 0.263 e. The van der Waals surface area contributed by atoms with E-state index in [2.05, 4.69) is 5.32 Å². The highest BCUT2D eigenvalue weighted by atomic mass is 32.2. The summed E-state index contributed by atoms with van der Waals surface area (Å²) in [6.07, 6.45) is 3.26. The van der Waals surface area contributed by atoms with Gasteiger partial charge in [-0.05, 0) is 12.7 Å². The maximum atomic E-state index is 10.0. The molecule has 0 spiro atoms. The highest BCUT2D eigenvalue weighted by Gasteiger charge is 1.98. The molecule has 0 radical (unpaired) electrons. The van der Waals surface area contributed by atoms with Gasteiger partial charge >= 0.3 is 0 Å². The van der Waals surface area contributed by atoms with Gasteiger partial charge in [0.15, 0.2) is 0 Å². The molecule has 6 heteroatoms. The summed E-state index contributed by atoms with van der Waals surface area (Å²) in [6.45, 7) is 0.643. The number of aliphatic hydroxyl groups excluding tert-OH is 1. The van der Waals surface area contributed by atoms with E-state index in [-0.39, 0.29) is 6.61 Å². The fourth-order valence-corrected chi connectivity index (χ4v) is 0.995. The van der Waals surface area contributed by atoms with Crippen molar-refractivity contribution >= 4 is 11.8 Å². The van der Waals surface area contributed by atoms with Gasteiger partial charge in [0.1, 0.15) is 5.03 Å². The van der Waals surface area contributed by atoms with Gasteiger partial charge in [-0.25, -0.2) is 0 Å². The lowest BCUT2D eigenvalue weighted by atomic mass is 10.4. The normalized spacial score (nSPS) is 11.3. The third kappa shape index (κ3) is 5.99. The van der Waals surface area contributed by atoms with Crippen molar-refractivity contribution in [1.82, 2.24) is 5.32 Å². The number of nitrogens with zero attached hydrogens (tertiary/aromatic N) is 1. The van der Waals surface area contributed by atoms with Gasteiger partial charge in [0.25, 0.3) is 6.20 Å². The Kier molecular flexibility index (Phi) is 6.50. The van der Waals surface area contributed by atoms with Crippen molar-refractivity contribution < 1.29 is 10.0 Å². The molecule has 0 aromatic carbocycles. The first-order valence-corrected chi connectivity index (χ1v) is 4.67. The van der Waals surface area contributed by atoms with Crippen molar-refractivity contribution in [3.05, 3.63) is 21.3 Å². The van der Waals surface area contributed by atoms with Crippen LogP contribution in [0.25, 0.3) is 0 Å². The van der Waals surface area contributed by atoms with Crippen molar-refractivity contribution in [2.24, 2.45) is 0 Å². The molecule has 70 valence electrons. The average molecular weight is 192 g/mol. The summed E-state index contributed by atoms with van der Waals surface area (Å²) in [5.74, 6) is 0. The number of aliphatic hydroxyl groups is 1. The van der Waals surface area contributed by atoms with E-state index in [1.54, 1.807) is 6.26 Å². The van der Waals surface area contributed by atoms with Crippen LogP contribution < -0.4 is 5.32 Å². The van der Waals surface area contributed by atoms with Gasteiger partial charge in [0.2, 0.25) is 0 Å². The van der Waals surface area contributed by atoms with Crippen molar-refractivity contribution in [2.45, 2.75) is 6.42 Å². The largest absolute Gasteiger partial charge is 0.396 e. The molecule has 0 aliphatic rings. The number of hydrogen-bond donors (Lipinski definition) is 2. The summed E-state index contributed by atoms with van der Waals surface area (Å²) in [5, 5.41) is 21.8. The summed E-state index contributed by atoms with van der Waals surface area (Å²) < 4.78 is 0. The molecule has 0 aliphatic carbocycles. The summed E-state index contributed by atoms with van der Waals surface area (Å²) in [5.41, 5.74) is 0. The van der Waals surface area contributed by atoms with Gasteiger partial charge in [-0.3, -0.25) is 10.1 Å². The Balaban J connectivity index is 3.75. The first kappa shape index (κ1) is 11.2. The standard InChI is InChI=1S/C6H12N2O3S/c1-12-6(5-8(10)11)7-3-2-4-9/h5,7,9H,2-4H2,1H3/b6-5+. The lowest BCUT2D eigenvalue weighted by Crippen LogP contribution is -2.14. The van der Waals surface area contributed by atoms with E-state index in [0.29, 0.717) is 18.0 Å². The zero-order chi connectivity index (χ0) is 9.40. The topological polar surface area (TPSA) is 75.4 Å². The summed E-state index contributed by atoms with van der Waals surface area (Å²) >= 11 is 1.28. The molecule has 0 atom stereocenters. The lowest BCUT2D eigenvalue weighted by molar-refractivity contribution is -0.403. The maximum Gasteiger partial charge on any atom is 0.263 e. The van der Waals surface area contributed by atoms with Gasteiger partial charge in [0, 0.05) is 13.2 Å². The fourth-order valence-electron chi connectivity index (χ4n) is 0.557. The van der Waals surface area contributed by atoms with E-state index in [0.717, 1.165) is 6.20 Å². The first-order chi connectivity index (χ1) is 5.70. The van der Waals surface area contributed by atoms with Gasteiger partial charge in [-0.15, -0.1) is 11.8 Å². The molecule has 12 heavy (non-hydrogen) atoms. The quantitative estimate of drug-likeness (QED) is 0.362. The van der Waals surface area contributed by atoms with E-state index in [4.69, 9.17) is 5.11 Å². The van der Waals surface area contributed by atoms with Gasteiger partial charge < -0.3 is 10.4 Å². The molecule has 5 nitrogen and oxygen atoms in total. The SMILES string of the molecule is CS/C(=C/[N+](=O)[O-])NCCCO. The number of rotatable bonds is 6. The number of nitrogens with one attached hydrogen (secondary N) is 1. The summed E-state index contributed by atoms with van der Waals surface area (Å²) in [4.78, 5) is 9.53. The Hall–Kier alpha value is -0.750. The zero-order valence-electron chi connectivity index (χ0n) is 6.82. The van der Waals surface area contributed by atoms with Crippen molar-refractivity contribution in [1.29, 1.82) is 0 Å². The second kappa shape index (κ2) is 6.93. The number of nitro groups is 1. The van der Waals surface area contributed by atoms with Crippen LogP contribution in [0, 0.1) is 10.1 Å². The molecule has 0 aliphatic heterocycles. The molecular formula is C6H12N2O3S. The van der Waals surface area contributed by atoms with Gasteiger partial charge in [-0.1, -0.05) is 0 Å². The minimum absolute atomic E-state index is 0.0904. The summed E-state index contributed by atoms with van der Waals surface area (Å²) in [6, 6.07) is 0. The second-order valence-corrected chi connectivity index (χ2v) is 2.83. The van der Waals surface area contributed by atoms with E-state index >= 15 is 0 Å². The van der Waals surface area contributed by atoms with Crippen LogP contribution in [-0.2, 0) is 0 Å². The molecule has 0 saturated carbocycles. The lowest BCUT2D eigenvalue weighted by Gasteiger charge is -2.03. The minimum atomic E-state index is -0.502. The summed E-state index contributed by atoms with van der Waals surface area (Å²) in [7, 11) is 0. The number of thioether (sulfide) groups is 1. The molecule has 0 amide bonds. The zero-order valence-corrected chi connectivity index (χ0v) is 7.63. The maximum absolute atomic E-state index is 10.0. The van der Waals surface area contributed by atoms with Crippen LogP contribution in [-0.4, -0.2) is 29.4 Å². The molecule has 0 aromatic heterocycles. The van der Waals surface area contributed by atoms with Crippen LogP contribution in [0.3, 0.4) is 0 Å². The molecule has 0 rings (SSSR count). The molecule has 0 fully saturated rings.